The summed E-state index contributed by atoms with van der Waals surface area (Å²) >= 11 is 11.4. The van der Waals surface area contributed by atoms with Gasteiger partial charge in [-0.25, -0.2) is 0 Å². The van der Waals surface area contributed by atoms with Crippen molar-refractivity contribution in [2.24, 2.45) is 16.2 Å². The number of hydrogen-bond donors (Lipinski definition) is 0. The Morgan fingerprint density at radius 1 is 1.14 bits per heavy atom. The summed E-state index contributed by atoms with van der Waals surface area (Å²) in [6.07, 6.45) is 2.09. The summed E-state index contributed by atoms with van der Waals surface area (Å²) in [4.78, 5) is 18.0. The molecule has 4 rings (SSSR count). The van der Waals surface area contributed by atoms with Gasteiger partial charge in [0.05, 0.1) is 9.15 Å². The number of fused-ring (bicyclic) bond motifs is 1. The van der Waals surface area contributed by atoms with E-state index < -0.39 is 0 Å². The second-order valence-electron chi connectivity index (χ2n) is 7.40. The van der Waals surface area contributed by atoms with Crippen molar-refractivity contribution in [3.05, 3.63) is 0 Å². The summed E-state index contributed by atoms with van der Waals surface area (Å²) in [5.74, 6) is 0.372. The molecule has 4 fully saturated rings. The lowest BCUT2D eigenvalue weighted by molar-refractivity contribution is -0.174. The minimum Gasteiger partial charge on any atom is -0.340 e. The third-order valence-corrected chi connectivity index (χ3v) is 9.89. The van der Waals surface area contributed by atoms with Crippen LogP contribution in [0.15, 0.2) is 0 Å². The average Bonchev–Trinajstić information content (AvgIpc) is 2.88. The van der Waals surface area contributed by atoms with Gasteiger partial charge in [-0.1, -0.05) is 61.6 Å². The number of amides is 1. The van der Waals surface area contributed by atoms with Crippen LogP contribution in [-0.2, 0) is 4.79 Å². The van der Waals surface area contributed by atoms with E-state index in [4.69, 9.17) is 0 Å². The zero-order valence-corrected chi connectivity index (χ0v) is 17.6. The number of carbonyl (C=O) groups is 1. The molecule has 1 heterocycles. The van der Waals surface area contributed by atoms with Gasteiger partial charge in [0.2, 0.25) is 5.91 Å². The van der Waals surface area contributed by atoms with Gasteiger partial charge in [-0.2, -0.15) is 0 Å². The molecule has 1 aliphatic heterocycles. The number of likely N-dealkylation sites (N-methyl/N-ethyl adjacent to an activating group) is 1. The molecular weight excluding hydrogens is 464 g/mol. The third kappa shape index (κ3) is 1.82. The monoisotopic (exact) mass is 484 g/mol. The van der Waals surface area contributed by atoms with Crippen LogP contribution < -0.4 is 0 Å². The number of alkyl halides is 3. The standard InChI is InChI=1S/C15H23Br3N2O/c1-13(2)14(11(17)18)4-5-15(13,10(14)16)12(21)20-8-6-19(3)7-9-20/h10-11H,4-9H2,1-3H3/t10-,14-,15-/m0/s1. The minimum atomic E-state index is -0.233. The summed E-state index contributed by atoms with van der Waals surface area (Å²) in [6.45, 7) is 8.26. The van der Waals surface area contributed by atoms with Crippen LogP contribution in [0.4, 0.5) is 0 Å². The largest absolute Gasteiger partial charge is 0.340 e. The molecule has 0 N–H and O–H groups in total. The Hall–Kier alpha value is 0.870. The van der Waals surface area contributed by atoms with E-state index in [1.165, 1.54) is 0 Å². The highest BCUT2D eigenvalue weighted by Gasteiger charge is 2.83. The molecule has 3 aliphatic carbocycles. The first-order chi connectivity index (χ1) is 9.71. The van der Waals surface area contributed by atoms with E-state index >= 15 is 0 Å². The molecule has 21 heavy (non-hydrogen) atoms. The van der Waals surface area contributed by atoms with E-state index in [9.17, 15) is 4.79 Å². The molecule has 0 unspecified atom stereocenters. The van der Waals surface area contributed by atoms with Gasteiger partial charge in [0.15, 0.2) is 0 Å². The number of carbonyl (C=O) groups excluding carboxylic acids is 1. The van der Waals surface area contributed by atoms with Gasteiger partial charge in [0.1, 0.15) is 0 Å². The lowest BCUT2D eigenvalue weighted by atomic mass is 9.43. The number of piperazine rings is 1. The zero-order chi connectivity index (χ0) is 15.6. The fraction of sp³-hybridized carbons (Fsp3) is 0.933. The van der Waals surface area contributed by atoms with Crippen LogP contribution in [-0.4, -0.2) is 57.5 Å². The van der Waals surface area contributed by atoms with Gasteiger partial charge in [0, 0.05) is 36.4 Å². The Balaban J connectivity index is 1.88. The summed E-state index contributed by atoms with van der Waals surface area (Å²) < 4.78 is 0.243. The first kappa shape index (κ1) is 16.7. The molecular formula is C15H23Br3N2O. The third-order valence-electron chi connectivity index (χ3n) is 6.66. The van der Waals surface area contributed by atoms with E-state index in [-0.39, 0.29) is 24.8 Å². The highest BCUT2D eigenvalue weighted by Crippen LogP contribution is 2.82. The Morgan fingerprint density at radius 3 is 2.14 bits per heavy atom. The first-order valence-corrected chi connectivity index (χ1v) is 10.4. The Bertz CT molecular complexity index is 462. The average molecular weight is 487 g/mol. The summed E-state index contributed by atoms with van der Waals surface area (Å²) in [5.41, 5.74) is -0.107. The first-order valence-electron chi connectivity index (χ1n) is 7.62. The number of nitrogens with zero attached hydrogens (tertiary/aromatic N) is 2. The van der Waals surface area contributed by atoms with E-state index in [1.807, 2.05) is 0 Å². The van der Waals surface area contributed by atoms with Crippen molar-refractivity contribution < 1.29 is 4.79 Å². The van der Waals surface area contributed by atoms with Crippen LogP contribution in [0.3, 0.4) is 0 Å². The molecule has 3 nitrogen and oxygen atoms in total. The SMILES string of the molecule is CN1CCN(C(=O)[C@]23CC[C@@](C(Br)Br)([C@@H]2Br)C3(C)C)CC1. The van der Waals surface area contributed by atoms with Crippen LogP contribution in [0, 0.1) is 16.2 Å². The van der Waals surface area contributed by atoms with Crippen LogP contribution >= 0.6 is 47.8 Å². The molecule has 0 spiro atoms. The molecule has 1 saturated heterocycles. The molecule has 0 aromatic heterocycles. The van der Waals surface area contributed by atoms with E-state index in [0.29, 0.717) is 5.91 Å². The minimum absolute atomic E-state index is 0.00622. The van der Waals surface area contributed by atoms with E-state index in [0.717, 1.165) is 39.0 Å². The van der Waals surface area contributed by atoms with Gasteiger partial charge in [-0.15, -0.1) is 0 Å². The Kier molecular flexibility index (Phi) is 4.13. The highest BCUT2D eigenvalue weighted by molar-refractivity contribution is 9.24. The maximum absolute atomic E-state index is 13.3. The fourth-order valence-corrected chi connectivity index (χ4v) is 9.86. The van der Waals surface area contributed by atoms with E-state index in [2.05, 4.69) is 78.5 Å². The maximum atomic E-state index is 13.3. The molecule has 6 heteroatoms. The van der Waals surface area contributed by atoms with Crippen LogP contribution in [0.2, 0.25) is 0 Å². The normalized spacial score (nSPS) is 42.2. The van der Waals surface area contributed by atoms with Gasteiger partial charge < -0.3 is 9.80 Å². The maximum Gasteiger partial charge on any atom is 0.230 e. The number of rotatable bonds is 2. The zero-order valence-electron chi connectivity index (χ0n) is 12.8. The number of halogens is 3. The van der Waals surface area contributed by atoms with Gasteiger partial charge in [-0.3, -0.25) is 4.79 Å². The molecule has 4 aliphatic rings. The molecule has 0 radical (unpaired) electrons. The molecule has 0 aromatic rings. The summed E-state index contributed by atoms with van der Waals surface area (Å²) in [7, 11) is 2.13. The van der Waals surface area contributed by atoms with Crippen molar-refractivity contribution in [1.29, 1.82) is 0 Å². The van der Waals surface area contributed by atoms with E-state index in [1.54, 1.807) is 0 Å². The van der Waals surface area contributed by atoms with Crippen LogP contribution in [0.5, 0.6) is 0 Å². The Labute approximate surface area is 152 Å². The predicted molar refractivity (Wildman–Crippen MR) is 96.3 cm³/mol. The van der Waals surface area contributed by atoms with Gasteiger partial charge >= 0.3 is 0 Å². The van der Waals surface area contributed by atoms with Crippen molar-refractivity contribution >= 4 is 53.7 Å². The highest BCUT2D eigenvalue weighted by atomic mass is 79.9. The summed E-state index contributed by atoms with van der Waals surface area (Å²) in [5, 5.41) is 0. The van der Waals surface area contributed by atoms with Crippen LogP contribution in [0.1, 0.15) is 26.7 Å². The van der Waals surface area contributed by atoms with Crippen LogP contribution in [0.25, 0.3) is 0 Å². The lowest BCUT2D eigenvalue weighted by Gasteiger charge is -2.66. The van der Waals surface area contributed by atoms with Gasteiger partial charge in [-0.05, 0) is 25.3 Å². The molecule has 1 amide bonds. The van der Waals surface area contributed by atoms with Crippen molar-refractivity contribution in [2.75, 3.05) is 33.2 Å². The lowest BCUT2D eigenvalue weighted by Crippen LogP contribution is -2.72. The molecule has 3 atom stereocenters. The van der Waals surface area contributed by atoms with Crippen molar-refractivity contribution in [3.63, 3.8) is 0 Å². The Morgan fingerprint density at radius 2 is 1.71 bits per heavy atom. The predicted octanol–water partition coefficient (Wildman–Crippen LogP) is 3.45. The summed E-state index contributed by atoms with van der Waals surface area (Å²) in [6, 6.07) is 0. The quantitative estimate of drug-likeness (QED) is 0.558. The number of hydrogen-bond acceptors (Lipinski definition) is 2. The van der Waals surface area contributed by atoms with Crippen molar-refractivity contribution in [3.8, 4) is 0 Å². The van der Waals surface area contributed by atoms with Crippen molar-refractivity contribution in [1.82, 2.24) is 9.80 Å². The topological polar surface area (TPSA) is 23.6 Å². The second kappa shape index (κ2) is 5.18. The van der Waals surface area contributed by atoms with Crippen molar-refractivity contribution in [2.45, 2.75) is 35.3 Å². The molecule has 3 saturated carbocycles. The van der Waals surface area contributed by atoms with Gasteiger partial charge in [0.25, 0.3) is 0 Å². The second-order valence-corrected chi connectivity index (χ2v) is 11.4. The smallest absolute Gasteiger partial charge is 0.230 e. The molecule has 0 aromatic carbocycles. The fourth-order valence-electron chi connectivity index (χ4n) is 4.96. The molecule has 2 bridgehead atoms. The molecule has 120 valence electrons.